The molecule has 1 fully saturated rings. The number of rotatable bonds is 4. The Morgan fingerprint density at radius 2 is 1.91 bits per heavy atom. The van der Waals surface area contributed by atoms with Crippen LogP contribution in [0.4, 0.5) is 14.6 Å². The Morgan fingerprint density at radius 3 is 2.65 bits per heavy atom. The van der Waals surface area contributed by atoms with Crippen molar-refractivity contribution in [3.63, 3.8) is 0 Å². The van der Waals surface area contributed by atoms with E-state index in [1.165, 1.54) is 18.9 Å². The first kappa shape index (κ1) is 15.4. The lowest BCUT2D eigenvalue weighted by atomic mass is 10.2. The van der Waals surface area contributed by atoms with Crippen LogP contribution in [-0.2, 0) is 6.54 Å². The molecule has 0 radical (unpaired) electrons. The molecule has 0 atom stereocenters. The zero-order valence-electron chi connectivity index (χ0n) is 12.6. The Hall–Kier alpha value is -2.50. The number of halogens is 2. The Morgan fingerprint density at radius 1 is 1.13 bits per heavy atom. The molecule has 0 saturated carbocycles. The first-order valence-corrected chi connectivity index (χ1v) is 7.56. The van der Waals surface area contributed by atoms with E-state index in [2.05, 4.69) is 15.2 Å². The molecule has 1 aliphatic rings. The van der Waals surface area contributed by atoms with Gasteiger partial charge in [0, 0.05) is 31.4 Å². The first-order chi connectivity index (χ1) is 11.1. The zero-order chi connectivity index (χ0) is 16.2. The molecule has 1 aromatic carbocycles. The van der Waals surface area contributed by atoms with Gasteiger partial charge < -0.3 is 10.2 Å². The summed E-state index contributed by atoms with van der Waals surface area (Å²) in [6.45, 7) is 2.30. The molecule has 0 unspecified atom stereocenters. The van der Waals surface area contributed by atoms with Crippen LogP contribution in [0.2, 0.25) is 0 Å². The second kappa shape index (κ2) is 6.73. The molecule has 1 saturated heterocycles. The highest BCUT2D eigenvalue weighted by molar-refractivity contribution is 5.94. The van der Waals surface area contributed by atoms with Crippen molar-refractivity contribution >= 4 is 11.7 Å². The third-order valence-electron chi connectivity index (χ3n) is 3.87. The molecule has 1 N–H and O–H groups in total. The molecule has 4 nitrogen and oxygen atoms in total. The number of carbonyl (C=O) groups is 1. The van der Waals surface area contributed by atoms with Gasteiger partial charge in [-0.1, -0.05) is 0 Å². The minimum atomic E-state index is -1.03. The monoisotopic (exact) mass is 317 g/mol. The molecule has 23 heavy (non-hydrogen) atoms. The van der Waals surface area contributed by atoms with Gasteiger partial charge in [0.1, 0.15) is 5.82 Å². The van der Waals surface area contributed by atoms with Gasteiger partial charge in [0.2, 0.25) is 0 Å². The Balaban J connectivity index is 1.64. The number of hydrogen-bond acceptors (Lipinski definition) is 3. The van der Waals surface area contributed by atoms with E-state index >= 15 is 0 Å². The van der Waals surface area contributed by atoms with Gasteiger partial charge in [-0.3, -0.25) is 4.79 Å². The summed E-state index contributed by atoms with van der Waals surface area (Å²) >= 11 is 0. The molecule has 2 heterocycles. The van der Waals surface area contributed by atoms with Crippen molar-refractivity contribution in [1.82, 2.24) is 10.3 Å². The minimum Gasteiger partial charge on any atom is -0.357 e. The van der Waals surface area contributed by atoms with Crippen LogP contribution < -0.4 is 10.2 Å². The van der Waals surface area contributed by atoms with Gasteiger partial charge in [0.15, 0.2) is 11.6 Å². The van der Waals surface area contributed by atoms with E-state index in [1.54, 1.807) is 6.20 Å². The van der Waals surface area contributed by atoms with Crippen LogP contribution in [-0.4, -0.2) is 24.0 Å². The molecule has 6 heteroatoms. The van der Waals surface area contributed by atoms with E-state index in [4.69, 9.17) is 0 Å². The maximum absolute atomic E-state index is 13.2. The van der Waals surface area contributed by atoms with Crippen LogP contribution in [0.5, 0.6) is 0 Å². The van der Waals surface area contributed by atoms with Crippen LogP contribution in [0.15, 0.2) is 36.5 Å². The third kappa shape index (κ3) is 3.64. The molecule has 120 valence electrons. The van der Waals surface area contributed by atoms with Gasteiger partial charge in [-0.15, -0.1) is 0 Å². The van der Waals surface area contributed by atoms with E-state index < -0.39 is 17.5 Å². The minimum absolute atomic E-state index is 0.0951. The van der Waals surface area contributed by atoms with E-state index in [1.807, 2.05) is 12.1 Å². The van der Waals surface area contributed by atoms with Crippen LogP contribution >= 0.6 is 0 Å². The number of anilines is 1. The summed E-state index contributed by atoms with van der Waals surface area (Å²) in [5, 5.41) is 2.71. The molecule has 1 aliphatic heterocycles. The summed E-state index contributed by atoms with van der Waals surface area (Å²) in [6, 6.07) is 6.87. The van der Waals surface area contributed by atoms with Crippen LogP contribution in [0.1, 0.15) is 28.8 Å². The van der Waals surface area contributed by atoms with Crippen LogP contribution in [0, 0.1) is 11.6 Å². The van der Waals surface area contributed by atoms with Crippen molar-refractivity contribution in [2.45, 2.75) is 19.4 Å². The maximum Gasteiger partial charge on any atom is 0.251 e. The fourth-order valence-electron chi connectivity index (χ4n) is 2.61. The van der Waals surface area contributed by atoms with E-state index in [0.29, 0.717) is 6.54 Å². The van der Waals surface area contributed by atoms with Crippen molar-refractivity contribution in [3.05, 3.63) is 59.3 Å². The average molecular weight is 317 g/mol. The van der Waals surface area contributed by atoms with E-state index in [-0.39, 0.29) is 5.56 Å². The molecular formula is C17H17F2N3O. The first-order valence-electron chi connectivity index (χ1n) is 7.56. The van der Waals surface area contributed by atoms with Crippen LogP contribution in [0.3, 0.4) is 0 Å². The van der Waals surface area contributed by atoms with Crippen LogP contribution in [0.25, 0.3) is 0 Å². The van der Waals surface area contributed by atoms with Gasteiger partial charge >= 0.3 is 0 Å². The number of pyridine rings is 1. The van der Waals surface area contributed by atoms with Crippen molar-refractivity contribution < 1.29 is 13.6 Å². The molecular weight excluding hydrogens is 300 g/mol. The summed E-state index contributed by atoms with van der Waals surface area (Å²) in [5.41, 5.74) is 1.01. The third-order valence-corrected chi connectivity index (χ3v) is 3.87. The average Bonchev–Trinajstić information content (AvgIpc) is 3.10. The van der Waals surface area contributed by atoms with Crippen molar-refractivity contribution in [3.8, 4) is 0 Å². The second-order valence-electron chi connectivity index (χ2n) is 5.53. The van der Waals surface area contributed by atoms with Crippen molar-refractivity contribution in [1.29, 1.82) is 0 Å². The molecule has 0 aliphatic carbocycles. The SMILES string of the molecule is O=C(NCc1ccnc(N2CCCC2)c1)c1ccc(F)c(F)c1. The molecule has 0 spiro atoms. The quantitative estimate of drug-likeness (QED) is 0.943. The largest absolute Gasteiger partial charge is 0.357 e. The molecule has 2 aromatic rings. The molecule has 0 bridgehead atoms. The highest BCUT2D eigenvalue weighted by Crippen LogP contribution is 2.18. The lowest BCUT2D eigenvalue weighted by molar-refractivity contribution is 0.0950. The van der Waals surface area contributed by atoms with Crippen molar-refractivity contribution in [2.24, 2.45) is 0 Å². The topological polar surface area (TPSA) is 45.2 Å². The van der Waals surface area contributed by atoms with E-state index in [0.717, 1.165) is 36.6 Å². The van der Waals surface area contributed by atoms with Gasteiger partial charge in [0.25, 0.3) is 5.91 Å². The lowest BCUT2D eigenvalue weighted by Crippen LogP contribution is -2.24. The number of nitrogens with zero attached hydrogens (tertiary/aromatic N) is 2. The molecule has 1 aromatic heterocycles. The summed E-state index contributed by atoms with van der Waals surface area (Å²) in [7, 11) is 0. The standard InChI is InChI=1S/C17H17F2N3O/c18-14-4-3-13(10-15(14)19)17(23)21-11-12-5-6-20-16(9-12)22-7-1-2-8-22/h3-6,9-10H,1-2,7-8,11H2,(H,21,23). The summed E-state index contributed by atoms with van der Waals surface area (Å²) in [4.78, 5) is 18.6. The number of aromatic nitrogens is 1. The fourth-order valence-corrected chi connectivity index (χ4v) is 2.61. The van der Waals surface area contributed by atoms with Gasteiger partial charge in [0.05, 0.1) is 0 Å². The molecule has 1 amide bonds. The van der Waals surface area contributed by atoms with Gasteiger partial charge in [-0.2, -0.15) is 0 Å². The second-order valence-corrected chi connectivity index (χ2v) is 5.53. The fraction of sp³-hybridized carbons (Fsp3) is 0.294. The van der Waals surface area contributed by atoms with Gasteiger partial charge in [-0.05, 0) is 48.7 Å². The smallest absolute Gasteiger partial charge is 0.251 e. The highest BCUT2D eigenvalue weighted by atomic mass is 19.2. The predicted molar refractivity (Wildman–Crippen MR) is 83.2 cm³/mol. The highest BCUT2D eigenvalue weighted by Gasteiger charge is 2.14. The normalized spacial score (nSPS) is 14.1. The number of benzene rings is 1. The predicted octanol–water partition coefficient (Wildman–Crippen LogP) is 2.89. The Labute approximate surface area is 133 Å². The Bertz CT molecular complexity index is 715. The van der Waals surface area contributed by atoms with Crippen molar-refractivity contribution in [2.75, 3.05) is 18.0 Å². The maximum atomic E-state index is 13.2. The number of carbonyl (C=O) groups excluding carboxylic acids is 1. The summed E-state index contributed by atoms with van der Waals surface area (Å²) < 4.78 is 26.0. The summed E-state index contributed by atoms with van der Waals surface area (Å²) in [6.07, 6.45) is 4.05. The number of hydrogen-bond donors (Lipinski definition) is 1. The lowest BCUT2D eigenvalue weighted by Gasteiger charge is -2.17. The van der Waals surface area contributed by atoms with Gasteiger partial charge in [-0.25, -0.2) is 13.8 Å². The number of amides is 1. The molecule has 3 rings (SSSR count). The zero-order valence-corrected chi connectivity index (χ0v) is 12.6. The number of nitrogens with one attached hydrogen (secondary N) is 1. The van der Waals surface area contributed by atoms with E-state index in [9.17, 15) is 13.6 Å². The Kier molecular flexibility index (Phi) is 4.50. The summed E-state index contributed by atoms with van der Waals surface area (Å²) in [5.74, 6) is -1.53.